The molecule has 0 aliphatic heterocycles. The van der Waals surface area contributed by atoms with E-state index in [1.165, 1.54) is 11.8 Å². The Bertz CT molecular complexity index is 1070. The summed E-state index contributed by atoms with van der Waals surface area (Å²) in [6, 6.07) is 11.8. The molecule has 0 radical (unpaired) electrons. The molecule has 4 rings (SSSR count). The van der Waals surface area contributed by atoms with E-state index >= 15 is 0 Å². The van der Waals surface area contributed by atoms with E-state index in [1.54, 1.807) is 15.9 Å². The molecule has 1 unspecified atom stereocenters. The third kappa shape index (κ3) is 3.30. The van der Waals surface area contributed by atoms with Gasteiger partial charge in [0.25, 0.3) is 0 Å². The molecule has 3 aromatic heterocycles. The van der Waals surface area contributed by atoms with Crippen molar-refractivity contribution in [1.82, 2.24) is 24.9 Å². The van der Waals surface area contributed by atoms with Crippen LogP contribution in [0, 0.1) is 6.92 Å². The van der Waals surface area contributed by atoms with Crippen molar-refractivity contribution in [3.05, 3.63) is 52.5 Å². The maximum Gasteiger partial charge on any atom is 0.233 e. The van der Waals surface area contributed by atoms with Crippen molar-refractivity contribution in [3.63, 3.8) is 0 Å². The third-order valence-electron chi connectivity index (χ3n) is 3.92. The monoisotopic (exact) mass is 383 g/mol. The molecule has 0 aliphatic carbocycles. The van der Waals surface area contributed by atoms with Gasteiger partial charge in [-0.3, -0.25) is 4.79 Å². The smallest absolute Gasteiger partial charge is 0.233 e. The Kier molecular flexibility index (Phi) is 4.60. The van der Waals surface area contributed by atoms with E-state index in [2.05, 4.69) is 15.4 Å². The number of aryl methyl sites for hydroxylation is 1. The molecule has 26 heavy (non-hydrogen) atoms. The number of thiophene rings is 1. The first-order chi connectivity index (χ1) is 12.6. The molecule has 0 bridgehead atoms. The fraction of sp³-hybridized carbons (Fsp3) is 0.222. The maximum atomic E-state index is 12.4. The molecule has 0 aliphatic rings. The van der Waals surface area contributed by atoms with Gasteiger partial charge in [-0.1, -0.05) is 30.0 Å². The van der Waals surface area contributed by atoms with Gasteiger partial charge in [0.1, 0.15) is 5.82 Å². The minimum atomic E-state index is -0.295. The van der Waals surface area contributed by atoms with Crippen molar-refractivity contribution in [2.24, 2.45) is 0 Å². The molecule has 0 saturated heterocycles. The normalized spacial score (nSPS) is 12.5. The summed E-state index contributed by atoms with van der Waals surface area (Å²) in [4.78, 5) is 22.8. The molecular weight excluding hydrogens is 366 g/mol. The number of carbonyl (C=O) groups excluding carboxylic acids is 1. The van der Waals surface area contributed by atoms with Gasteiger partial charge in [-0.25, -0.2) is 9.97 Å². The van der Waals surface area contributed by atoms with Gasteiger partial charge in [0.15, 0.2) is 10.8 Å². The van der Waals surface area contributed by atoms with Gasteiger partial charge >= 0.3 is 0 Å². The van der Waals surface area contributed by atoms with E-state index in [1.807, 2.05) is 55.6 Å². The number of aromatic nitrogens is 4. The summed E-state index contributed by atoms with van der Waals surface area (Å²) in [5.41, 5.74) is 1.61. The maximum absolute atomic E-state index is 12.4. The summed E-state index contributed by atoms with van der Waals surface area (Å²) in [6.07, 6.45) is 0. The van der Waals surface area contributed by atoms with Crippen molar-refractivity contribution in [3.8, 4) is 0 Å². The number of amides is 1. The quantitative estimate of drug-likeness (QED) is 0.422. The van der Waals surface area contributed by atoms with Crippen LogP contribution < -0.4 is 5.32 Å². The van der Waals surface area contributed by atoms with Crippen molar-refractivity contribution in [2.45, 2.75) is 30.8 Å². The fourth-order valence-corrected chi connectivity index (χ4v) is 4.18. The number of fused-ring (bicyclic) bond motifs is 3. The van der Waals surface area contributed by atoms with Crippen molar-refractivity contribution >= 4 is 45.6 Å². The molecule has 6 nitrogen and oxygen atoms in total. The average molecular weight is 384 g/mol. The summed E-state index contributed by atoms with van der Waals surface area (Å²) < 4.78 is 1.73. The molecule has 4 aromatic rings. The Morgan fingerprint density at radius 1 is 1.27 bits per heavy atom. The lowest BCUT2D eigenvalue weighted by Crippen LogP contribution is -2.30. The van der Waals surface area contributed by atoms with Crippen LogP contribution >= 0.6 is 23.1 Å². The molecule has 8 heteroatoms. The lowest BCUT2D eigenvalue weighted by molar-refractivity contribution is -0.120. The van der Waals surface area contributed by atoms with Gasteiger partial charge in [-0.2, -0.15) is 4.52 Å². The minimum Gasteiger partial charge on any atom is -0.350 e. The topological polar surface area (TPSA) is 72.2 Å². The second kappa shape index (κ2) is 7.05. The van der Waals surface area contributed by atoms with Crippen LogP contribution in [0.15, 0.2) is 46.9 Å². The number of hydrogen-bond acceptors (Lipinski definition) is 6. The highest BCUT2D eigenvalue weighted by atomic mass is 32.2. The largest absolute Gasteiger partial charge is 0.350 e. The standard InChI is InChI=1S/C18H17N5OS2/c1-11(17(24)19-10-13-6-5-9-25-13)26-18-21-15-8-4-3-7-14(15)16-20-12(2)22-23(16)18/h3-9,11H,10H2,1-2H3,(H,19,24). The SMILES string of the molecule is Cc1nc2c3ccccc3nc(SC(C)C(=O)NCc3cccs3)n2n1. The number of para-hydroxylation sites is 1. The zero-order valence-electron chi connectivity index (χ0n) is 14.3. The summed E-state index contributed by atoms with van der Waals surface area (Å²) in [5.74, 6) is 0.656. The molecule has 1 amide bonds. The van der Waals surface area contributed by atoms with Crippen LogP contribution in [0.5, 0.6) is 0 Å². The second-order valence-corrected chi connectivity index (χ2v) is 8.20. The van der Waals surface area contributed by atoms with E-state index in [-0.39, 0.29) is 11.2 Å². The number of nitrogens with one attached hydrogen (secondary N) is 1. The second-order valence-electron chi connectivity index (χ2n) is 5.86. The zero-order valence-corrected chi connectivity index (χ0v) is 16.0. The molecule has 132 valence electrons. The highest BCUT2D eigenvalue weighted by Gasteiger charge is 2.19. The van der Waals surface area contributed by atoms with Crippen LogP contribution in [-0.2, 0) is 11.3 Å². The molecule has 0 saturated carbocycles. The lowest BCUT2D eigenvalue weighted by Gasteiger charge is -2.12. The number of hydrogen-bond donors (Lipinski definition) is 1. The van der Waals surface area contributed by atoms with Gasteiger partial charge in [-0.05, 0) is 37.4 Å². The predicted molar refractivity (Wildman–Crippen MR) is 105 cm³/mol. The fourth-order valence-electron chi connectivity index (χ4n) is 2.65. The number of thioether (sulfide) groups is 1. The van der Waals surface area contributed by atoms with Crippen LogP contribution in [0.25, 0.3) is 16.6 Å². The Morgan fingerprint density at radius 2 is 2.12 bits per heavy atom. The lowest BCUT2D eigenvalue weighted by atomic mass is 10.2. The van der Waals surface area contributed by atoms with Gasteiger partial charge in [-0.15, -0.1) is 16.4 Å². The van der Waals surface area contributed by atoms with E-state index in [0.29, 0.717) is 17.5 Å². The van der Waals surface area contributed by atoms with Crippen LogP contribution in [-0.4, -0.2) is 30.7 Å². The highest BCUT2D eigenvalue weighted by molar-refractivity contribution is 8.00. The Morgan fingerprint density at radius 3 is 2.92 bits per heavy atom. The van der Waals surface area contributed by atoms with Gasteiger partial charge in [0, 0.05) is 10.3 Å². The Labute approximate surface area is 158 Å². The molecule has 3 heterocycles. The van der Waals surface area contributed by atoms with Gasteiger partial charge in [0.2, 0.25) is 5.91 Å². The van der Waals surface area contributed by atoms with Crippen LogP contribution in [0.4, 0.5) is 0 Å². The predicted octanol–water partition coefficient (Wildman–Crippen LogP) is 3.44. The number of benzene rings is 1. The first-order valence-corrected chi connectivity index (χ1v) is 9.96. The summed E-state index contributed by atoms with van der Waals surface area (Å²) >= 11 is 3.02. The summed E-state index contributed by atoms with van der Waals surface area (Å²) in [5, 5.41) is 10.8. The zero-order chi connectivity index (χ0) is 18.1. The van der Waals surface area contributed by atoms with E-state index < -0.39 is 0 Å². The molecular formula is C18H17N5OS2. The molecule has 0 spiro atoms. The Hall–Kier alpha value is -2.45. The van der Waals surface area contributed by atoms with Crippen molar-refractivity contribution < 1.29 is 4.79 Å². The average Bonchev–Trinajstić information content (AvgIpc) is 3.29. The van der Waals surface area contributed by atoms with Crippen molar-refractivity contribution in [1.29, 1.82) is 0 Å². The van der Waals surface area contributed by atoms with Crippen LogP contribution in [0.3, 0.4) is 0 Å². The number of carbonyl (C=O) groups is 1. The van der Waals surface area contributed by atoms with E-state index in [4.69, 9.17) is 4.98 Å². The number of nitrogens with zero attached hydrogens (tertiary/aromatic N) is 4. The van der Waals surface area contributed by atoms with Crippen molar-refractivity contribution in [2.75, 3.05) is 0 Å². The van der Waals surface area contributed by atoms with E-state index in [0.717, 1.165) is 21.4 Å². The highest BCUT2D eigenvalue weighted by Crippen LogP contribution is 2.26. The molecule has 0 fully saturated rings. The van der Waals surface area contributed by atoms with E-state index in [9.17, 15) is 4.79 Å². The first-order valence-electron chi connectivity index (χ1n) is 8.20. The summed E-state index contributed by atoms with van der Waals surface area (Å²) in [6.45, 7) is 4.28. The van der Waals surface area contributed by atoms with Crippen LogP contribution in [0.1, 0.15) is 17.6 Å². The first kappa shape index (κ1) is 17.0. The summed E-state index contributed by atoms with van der Waals surface area (Å²) in [7, 11) is 0. The van der Waals surface area contributed by atoms with Gasteiger partial charge < -0.3 is 5.32 Å². The molecule has 1 N–H and O–H groups in total. The Balaban J connectivity index is 1.60. The van der Waals surface area contributed by atoms with Crippen LogP contribution in [0.2, 0.25) is 0 Å². The van der Waals surface area contributed by atoms with Gasteiger partial charge in [0.05, 0.1) is 17.3 Å². The third-order valence-corrected chi connectivity index (χ3v) is 5.84. The minimum absolute atomic E-state index is 0.0247. The molecule has 1 atom stereocenters. The number of rotatable bonds is 5. The molecule has 1 aromatic carbocycles.